The van der Waals surface area contributed by atoms with E-state index in [2.05, 4.69) is 22.2 Å². The monoisotopic (exact) mass is 555 g/mol. The van der Waals surface area contributed by atoms with E-state index >= 15 is 0 Å². The highest BCUT2D eigenvalue weighted by atomic mass is 16.6. The molecule has 9 heteroatoms. The Labute approximate surface area is 241 Å². The summed E-state index contributed by atoms with van der Waals surface area (Å²) in [6, 6.07) is 13.7. The molecular formula is C32H37N5O4. The molecule has 2 amide bonds. The smallest absolute Gasteiger partial charge is 0.420 e. The molecule has 0 saturated heterocycles. The summed E-state index contributed by atoms with van der Waals surface area (Å²) in [5.74, 6) is 1.22. The van der Waals surface area contributed by atoms with Crippen LogP contribution >= 0.6 is 0 Å². The van der Waals surface area contributed by atoms with Crippen LogP contribution in [0.1, 0.15) is 63.6 Å². The Balaban J connectivity index is 1.48. The highest BCUT2D eigenvalue weighted by Gasteiger charge is 2.29. The number of ether oxygens (including phenoxy) is 2. The molecule has 2 aromatic carbocycles. The van der Waals surface area contributed by atoms with Crippen molar-refractivity contribution in [3.63, 3.8) is 0 Å². The van der Waals surface area contributed by atoms with E-state index in [-0.39, 0.29) is 24.6 Å². The molecule has 0 radical (unpaired) electrons. The van der Waals surface area contributed by atoms with Gasteiger partial charge in [0.25, 0.3) is 5.91 Å². The van der Waals surface area contributed by atoms with Crippen molar-refractivity contribution in [2.45, 2.75) is 78.0 Å². The van der Waals surface area contributed by atoms with Crippen LogP contribution in [0.2, 0.25) is 0 Å². The summed E-state index contributed by atoms with van der Waals surface area (Å²) >= 11 is 0. The minimum Gasteiger partial charge on any atom is -0.484 e. The molecule has 214 valence electrons. The second-order valence-corrected chi connectivity index (χ2v) is 11.7. The summed E-state index contributed by atoms with van der Waals surface area (Å²) in [5, 5.41) is 2.92. The van der Waals surface area contributed by atoms with Gasteiger partial charge in [0, 0.05) is 35.6 Å². The van der Waals surface area contributed by atoms with E-state index in [0.717, 1.165) is 31.2 Å². The Kier molecular flexibility index (Phi) is 8.06. The fourth-order valence-corrected chi connectivity index (χ4v) is 4.51. The second-order valence-electron chi connectivity index (χ2n) is 11.7. The van der Waals surface area contributed by atoms with Gasteiger partial charge in [-0.15, -0.1) is 0 Å². The molecule has 41 heavy (non-hydrogen) atoms. The quantitative estimate of drug-likeness (QED) is 0.387. The maximum Gasteiger partial charge on any atom is 0.420 e. The Hall–Kier alpha value is -4.27. The van der Waals surface area contributed by atoms with Crippen molar-refractivity contribution >= 4 is 29.7 Å². The van der Waals surface area contributed by atoms with Crippen molar-refractivity contribution in [3.05, 3.63) is 65.4 Å². The first kappa shape index (κ1) is 28.3. The van der Waals surface area contributed by atoms with Crippen molar-refractivity contribution in [2.75, 3.05) is 11.5 Å². The van der Waals surface area contributed by atoms with Crippen LogP contribution < -0.4 is 15.0 Å². The number of carbonyl (C=O) groups excluding carboxylic acids is 2. The van der Waals surface area contributed by atoms with E-state index in [4.69, 9.17) is 14.5 Å². The van der Waals surface area contributed by atoms with Crippen LogP contribution in [0.3, 0.4) is 0 Å². The van der Waals surface area contributed by atoms with Crippen molar-refractivity contribution in [1.29, 1.82) is 0 Å². The number of aliphatic imine (C=N–C) groups is 1. The highest BCUT2D eigenvalue weighted by molar-refractivity contribution is 5.97. The van der Waals surface area contributed by atoms with Crippen LogP contribution in [0.25, 0.3) is 11.4 Å². The molecule has 1 aliphatic heterocycles. The highest BCUT2D eigenvalue weighted by Crippen LogP contribution is 2.33. The lowest BCUT2D eigenvalue weighted by Crippen LogP contribution is -2.35. The Morgan fingerprint density at radius 3 is 2.66 bits per heavy atom. The van der Waals surface area contributed by atoms with Gasteiger partial charge in [0.1, 0.15) is 17.2 Å². The summed E-state index contributed by atoms with van der Waals surface area (Å²) in [5.41, 5.74) is 3.49. The number of hydrogen-bond donors (Lipinski definition) is 1. The van der Waals surface area contributed by atoms with E-state index in [1.807, 2.05) is 64.2 Å². The van der Waals surface area contributed by atoms with Gasteiger partial charge in [-0.3, -0.25) is 9.79 Å². The number of nitrogens with zero attached hydrogens (tertiary/aromatic N) is 4. The topological polar surface area (TPSA) is 106 Å². The number of aromatic nitrogens is 2. The number of benzene rings is 2. The number of nitrogens with one attached hydrogen (secondary N) is 1. The third kappa shape index (κ3) is 7.28. The van der Waals surface area contributed by atoms with E-state index in [1.54, 1.807) is 18.3 Å². The van der Waals surface area contributed by atoms with E-state index in [0.29, 0.717) is 34.2 Å². The average molecular weight is 556 g/mol. The molecule has 1 aromatic heterocycles. The van der Waals surface area contributed by atoms with Gasteiger partial charge in [-0.05, 0) is 95.7 Å². The largest absolute Gasteiger partial charge is 0.484 e. The minimum absolute atomic E-state index is 0.0627. The van der Waals surface area contributed by atoms with Crippen LogP contribution in [0.5, 0.6) is 5.75 Å². The maximum atomic E-state index is 13.7. The fourth-order valence-electron chi connectivity index (χ4n) is 4.51. The van der Waals surface area contributed by atoms with Crippen molar-refractivity contribution in [3.8, 4) is 17.1 Å². The summed E-state index contributed by atoms with van der Waals surface area (Å²) < 4.78 is 11.6. The maximum absolute atomic E-state index is 13.7. The lowest BCUT2D eigenvalue weighted by Gasteiger charge is -2.28. The van der Waals surface area contributed by atoms with Crippen molar-refractivity contribution in [1.82, 2.24) is 15.3 Å². The van der Waals surface area contributed by atoms with E-state index in [9.17, 15) is 9.59 Å². The standard InChI is InChI=1S/C32H37N5O4/c1-20-17-34-29(23-7-6-8-27(16-23)40-19-28(38)35-25-12-13-25)36-30(20)37(31(39)41-32(3,4)5)26-14-11-22-10-9-21(2)33-18-24(22)15-26/h6-8,11,14-18,21,25H,9-10,12-13,19H2,1-5H3,(H,35,38). The number of fused-ring (bicyclic) bond motifs is 1. The summed E-state index contributed by atoms with van der Waals surface area (Å²) in [6.07, 6.45) is 6.97. The van der Waals surface area contributed by atoms with E-state index in [1.165, 1.54) is 10.5 Å². The first-order valence-electron chi connectivity index (χ1n) is 14.1. The lowest BCUT2D eigenvalue weighted by atomic mass is 10.0. The molecule has 1 saturated carbocycles. The molecule has 2 heterocycles. The first-order chi connectivity index (χ1) is 19.6. The van der Waals surface area contributed by atoms with Crippen molar-refractivity contribution < 1.29 is 19.1 Å². The van der Waals surface area contributed by atoms with Crippen LogP contribution in [-0.2, 0) is 16.0 Å². The van der Waals surface area contributed by atoms with Crippen LogP contribution in [0, 0.1) is 6.92 Å². The molecule has 1 atom stereocenters. The molecule has 1 N–H and O–H groups in total. The van der Waals surface area contributed by atoms with Gasteiger partial charge in [0.15, 0.2) is 12.4 Å². The normalized spacial score (nSPS) is 16.4. The number of carbonyl (C=O) groups is 2. The van der Waals surface area contributed by atoms with Crippen LogP contribution in [0.15, 0.2) is 53.7 Å². The van der Waals surface area contributed by atoms with Crippen molar-refractivity contribution in [2.24, 2.45) is 4.99 Å². The molecular weight excluding hydrogens is 518 g/mol. The number of hydrogen-bond acceptors (Lipinski definition) is 7. The third-order valence-electron chi connectivity index (χ3n) is 6.82. The van der Waals surface area contributed by atoms with Gasteiger partial charge in [-0.25, -0.2) is 19.7 Å². The zero-order chi connectivity index (χ0) is 29.1. The molecule has 9 nitrogen and oxygen atoms in total. The predicted molar refractivity (Wildman–Crippen MR) is 159 cm³/mol. The molecule has 0 spiro atoms. The van der Waals surface area contributed by atoms with Crippen LogP contribution in [0.4, 0.5) is 16.3 Å². The molecule has 1 unspecified atom stereocenters. The Morgan fingerprint density at radius 2 is 1.90 bits per heavy atom. The summed E-state index contributed by atoms with van der Waals surface area (Å²) in [6.45, 7) is 9.41. The molecule has 1 aliphatic carbocycles. The minimum atomic E-state index is -0.709. The van der Waals surface area contributed by atoms with E-state index < -0.39 is 11.7 Å². The predicted octanol–water partition coefficient (Wildman–Crippen LogP) is 5.94. The van der Waals surface area contributed by atoms with Gasteiger partial charge in [0.2, 0.25) is 0 Å². The van der Waals surface area contributed by atoms with Gasteiger partial charge < -0.3 is 14.8 Å². The summed E-state index contributed by atoms with van der Waals surface area (Å²) in [4.78, 5) is 41.3. The first-order valence-corrected chi connectivity index (χ1v) is 14.1. The second kappa shape index (κ2) is 11.7. The summed E-state index contributed by atoms with van der Waals surface area (Å²) in [7, 11) is 0. The lowest BCUT2D eigenvalue weighted by molar-refractivity contribution is -0.123. The Morgan fingerprint density at radius 1 is 1.10 bits per heavy atom. The third-order valence-corrected chi connectivity index (χ3v) is 6.82. The SMILES string of the molecule is Cc1cnc(-c2cccc(OCC(=O)NC3CC3)c2)nc1N(C(=O)OC(C)(C)C)c1ccc2c(c1)C=NC(C)CC2. The molecule has 0 bridgehead atoms. The zero-order valence-electron chi connectivity index (χ0n) is 24.3. The number of rotatable bonds is 7. The Bertz CT molecular complexity index is 1480. The fraction of sp³-hybridized carbons (Fsp3) is 0.406. The zero-order valence-corrected chi connectivity index (χ0v) is 24.3. The molecule has 2 aliphatic rings. The molecule has 5 rings (SSSR count). The van der Waals surface area contributed by atoms with Gasteiger partial charge in [-0.2, -0.15) is 0 Å². The van der Waals surface area contributed by atoms with Gasteiger partial charge in [-0.1, -0.05) is 18.2 Å². The number of amides is 2. The molecule has 1 fully saturated rings. The van der Waals surface area contributed by atoms with Gasteiger partial charge >= 0.3 is 6.09 Å². The molecule has 3 aromatic rings. The van der Waals surface area contributed by atoms with Gasteiger partial charge in [0.05, 0.1) is 5.69 Å². The number of anilines is 2. The average Bonchev–Trinajstić information content (AvgIpc) is 3.76. The van der Waals surface area contributed by atoms with Crippen LogP contribution in [-0.4, -0.2) is 52.5 Å². The number of aryl methyl sites for hydroxylation is 2.